The van der Waals surface area contributed by atoms with Crippen LogP contribution in [-0.4, -0.2) is 9.78 Å². The Labute approximate surface area is 112 Å². The summed E-state index contributed by atoms with van der Waals surface area (Å²) in [5.41, 5.74) is 9.03. The Morgan fingerprint density at radius 2 is 2.11 bits per heavy atom. The van der Waals surface area contributed by atoms with Gasteiger partial charge in [-0.15, -0.1) is 11.3 Å². The summed E-state index contributed by atoms with van der Waals surface area (Å²) in [5.74, 6) is 0.929. The Morgan fingerprint density at radius 3 is 2.67 bits per heavy atom. The van der Waals surface area contributed by atoms with E-state index in [0.29, 0.717) is 0 Å². The van der Waals surface area contributed by atoms with E-state index in [-0.39, 0.29) is 0 Å². The number of hydrogen-bond acceptors (Lipinski definition) is 4. The fourth-order valence-electron chi connectivity index (χ4n) is 1.92. The van der Waals surface area contributed by atoms with Gasteiger partial charge < -0.3 is 11.1 Å². The van der Waals surface area contributed by atoms with Gasteiger partial charge in [-0.1, -0.05) is 0 Å². The largest absolute Gasteiger partial charge is 0.394 e. The van der Waals surface area contributed by atoms with Crippen LogP contribution in [-0.2, 0) is 13.1 Å². The predicted molar refractivity (Wildman–Crippen MR) is 78.2 cm³/mol. The average molecular weight is 264 g/mol. The number of nitrogens with two attached hydrogens (primary N) is 1. The Balaban J connectivity index is 2.15. The van der Waals surface area contributed by atoms with Crippen LogP contribution in [0.2, 0.25) is 0 Å². The molecule has 0 aromatic carbocycles. The quantitative estimate of drug-likeness (QED) is 0.892. The molecule has 2 rings (SSSR count). The summed E-state index contributed by atoms with van der Waals surface area (Å²) in [6.45, 7) is 9.92. The summed E-state index contributed by atoms with van der Waals surface area (Å²) in [7, 11) is 0. The topological polar surface area (TPSA) is 55.9 Å². The van der Waals surface area contributed by atoms with Crippen molar-refractivity contribution in [2.24, 2.45) is 0 Å². The van der Waals surface area contributed by atoms with Gasteiger partial charge in [-0.3, -0.25) is 0 Å². The molecule has 0 amide bonds. The van der Waals surface area contributed by atoms with Gasteiger partial charge in [0.1, 0.15) is 5.82 Å². The monoisotopic (exact) mass is 264 g/mol. The van der Waals surface area contributed by atoms with Crippen molar-refractivity contribution in [2.75, 3.05) is 11.1 Å². The molecule has 4 nitrogen and oxygen atoms in total. The van der Waals surface area contributed by atoms with Crippen LogP contribution in [0.1, 0.15) is 27.9 Å². The summed E-state index contributed by atoms with van der Waals surface area (Å²) < 4.78 is 1.91. The highest BCUT2D eigenvalue weighted by atomic mass is 32.1. The molecule has 0 bridgehead atoms. The Kier molecular flexibility index (Phi) is 3.61. The fourth-order valence-corrected chi connectivity index (χ4v) is 2.91. The zero-order valence-corrected chi connectivity index (χ0v) is 12.2. The zero-order chi connectivity index (χ0) is 13.3. The Bertz CT molecular complexity index is 534. The molecule has 3 N–H and O–H groups in total. The highest BCUT2D eigenvalue weighted by molar-refractivity contribution is 7.12. The van der Waals surface area contributed by atoms with Crippen LogP contribution >= 0.6 is 11.3 Å². The molecule has 0 fully saturated rings. The van der Waals surface area contributed by atoms with Crippen molar-refractivity contribution in [1.29, 1.82) is 0 Å². The molecule has 2 aromatic heterocycles. The Hall–Kier alpha value is -1.49. The predicted octanol–water partition coefficient (Wildman–Crippen LogP) is 3.08. The zero-order valence-electron chi connectivity index (χ0n) is 11.4. The van der Waals surface area contributed by atoms with Gasteiger partial charge in [0.15, 0.2) is 0 Å². The second-order valence-electron chi connectivity index (χ2n) is 4.47. The van der Waals surface area contributed by atoms with Crippen LogP contribution in [0.25, 0.3) is 0 Å². The molecule has 5 heteroatoms. The molecule has 18 heavy (non-hydrogen) atoms. The van der Waals surface area contributed by atoms with Crippen LogP contribution in [0.4, 0.5) is 11.5 Å². The third-order valence-corrected chi connectivity index (χ3v) is 4.27. The molecular formula is C13H20N4S. The smallest absolute Gasteiger partial charge is 0.148 e. The van der Waals surface area contributed by atoms with Crippen molar-refractivity contribution < 1.29 is 0 Å². The van der Waals surface area contributed by atoms with E-state index >= 15 is 0 Å². The van der Waals surface area contributed by atoms with E-state index in [1.54, 1.807) is 0 Å². The highest BCUT2D eigenvalue weighted by Gasteiger charge is 2.11. The number of nitrogens with one attached hydrogen (secondary N) is 1. The molecule has 0 aliphatic heterocycles. The average Bonchev–Trinajstić information content (AvgIpc) is 2.79. The van der Waals surface area contributed by atoms with Gasteiger partial charge in [-0.05, 0) is 39.3 Å². The molecule has 0 radical (unpaired) electrons. The number of rotatable bonds is 4. The van der Waals surface area contributed by atoms with Crippen molar-refractivity contribution in [3.05, 3.63) is 27.1 Å². The van der Waals surface area contributed by atoms with Crippen molar-refractivity contribution in [2.45, 2.75) is 40.8 Å². The fraction of sp³-hybridized carbons (Fsp3) is 0.462. The maximum Gasteiger partial charge on any atom is 0.148 e. The van der Waals surface area contributed by atoms with Crippen LogP contribution in [0, 0.1) is 20.8 Å². The third kappa shape index (κ3) is 2.36. The summed E-state index contributed by atoms with van der Waals surface area (Å²) in [6, 6.07) is 2.22. The molecule has 2 heterocycles. The number of aromatic nitrogens is 2. The van der Waals surface area contributed by atoms with E-state index in [9.17, 15) is 0 Å². The maximum atomic E-state index is 6.04. The second-order valence-corrected chi connectivity index (χ2v) is 5.81. The van der Waals surface area contributed by atoms with Gasteiger partial charge in [0.05, 0.1) is 17.9 Å². The van der Waals surface area contributed by atoms with E-state index in [0.717, 1.165) is 30.3 Å². The van der Waals surface area contributed by atoms with Crippen LogP contribution in [0.15, 0.2) is 6.07 Å². The molecule has 0 aliphatic rings. The SMILES string of the molecule is CCn1nc(C)c(N)c1NCc1cc(C)c(C)s1. The van der Waals surface area contributed by atoms with Gasteiger partial charge in [-0.2, -0.15) is 5.10 Å². The molecule has 98 valence electrons. The van der Waals surface area contributed by atoms with E-state index < -0.39 is 0 Å². The summed E-state index contributed by atoms with van der Waals surface area (Å²) >= 11 is 1.83. The van der Waals surface area contributed by atoms with E-state index in [2.05, 4.69) is 37.3 Å². The first-order chi connectivity index (χ1) is 8.52. The van der Waals surface area contributed by atoms with Crippen molar-refractivity contribution in [1.82, 2.24) is 9.78 Å². The minimum absolute atomic E-state index is 0.752. The first kappa shape index (κ1) is 13.0. The second kappa shape index (κ2) is 5.02. The lowest BCUT2D eigenvalue weighted by Crippen LogP contribution is -2.07. The molecular weight excluding hydrogens is 244 g/mol. The number of thiophene rings is 1. The first-order valence-electron chi connectivity index (χ1n) is 6.15. The molecule has 0 atom stereocenters. The van der Waals surface area contributed by atoms with Gasteiger partial charge in [0.2, 0.25) is 0 Å². The number of anilines is 2. The van der Waals surface area contributed by atoms with Crippen LogP contribution < -0.4 is 11.1 Å². The number of aryl methyl sites for hydroxylation is 4. The molecule has 0 saturated heterocycles. The van der Waals surface area contributed by atoms with Gasteiger partial charge in [-0.25, -0.2) is 4.68 Å². The summed E-state index contributed by atoms with van der Waals surface area (Å²) in [6.07, 6.45) is 0. The van der Waals surface area contributed by atoms with Crippen LogP contribution in [0.5, 0.6) is 0 Å². The van der Waals surface area contributed by atoms with E-state index in [1.165, 1.54) is 15.3 Å². The lowest BCUT2D eigenvalue weighted by atomic mass is 10.3. The minimum Gasteiger partial charge on any atom is -0.394 e. The minimum atomic E-state index is 0.752. The molecule has 0 spiro atoms. The van der Waals surface area contributed by atoms with Gasteiger partial charge in [0, 0.05) is 16.3 Å². The Morgan fingerprint density at radius 1 is 1.39 bits per heavy atom. The van der Waals surface area contributed by atoms with Crippen molar-refractivity contribution in [3.8, 4) is 0 Å². The van der Waals surface area contributed by atoms with E-state index in [1.807, 2.05) is 22.9 Å². The highest BCUT2D eigenvalue weighted by Crippen LogP contribution is 2.25. The van der Waals surface area contributed by atoms with Gasteiger partial charge >= 0.3 is 0 Å². The molecule has 0 saturated carbocycles. The maximum absolute atomic E-state index is 6.04. The molecule has 0 unspecified atom stereocenters. The molecule has 0 aliphatic carbocycles. The number of nitrogen functional groups attached to an aromatic ring is 1. The number of nitrogens with zero attached hydrogens (tertiary/aromatic N) is 2. The van der Waals surface area contributed by atoms with Gasteiger partial charge in [0.25, 0.3) is 0 Å². The van der Waals surface area contributed by atoms with Crippen molar-refractivity contribution >= 4 is 22.8 Å². The third-order valence-electron chi connectivity index (χ3n) is 3.12. The molecule has 2 aromatic rings. The normalized spacial score (nSPS) is 10.9. The standard InChI is InChI=1S/C13H20N4S/c1-5-17-13(12(14)9(3)16-17)15-7-11-6-8(2)10(4)18-11/h6,15H,5,7,14H2,1-4H3. The lowest BCUT2D eigenvalue weighted by molar-refractivity contribution is 0.658. The summed E-state index contributed by atoms with van der Waals surface area (Å²) in [4.78, 5) is 2.70. The summed E-state index contributed by atoms with van der Waals surface area (Å²) in [5, 5.41) is 7.79. The first-order valence-corrected chi connectivity index (χ1v) is 6.97. The lowest BCUT2D eigenvalue weighted by Gasteiger charge is -2.08. The van der Waals surface area contributed by atoms with Crippen molar-refractivity contribution in [3.63, 3.8) is 0 Å². The van der Waals surface area contributed by atoms with Crippen LogP contribution in [0.3, 0.4) is 0 Å². The van der Waals surface area contributed by atoms with E-state index in [4.69, 9.17) is 5.73 Å². The number of hydrogen-bond donors (Lipinski definition) is 2.